The van der Waals surface area contributed by atoms with Crippen molar-refractivity contribution in [1.29, 1.82) is 0 Å². The molecule has 1 N–H and O–H groups in total. The quantitative estimate of drug-likeness (QED) is 0.679. The van der Waals surface area contributed by atoms with Crippen LogP contribution in [0.5, 0.6) is 0 Å². The summed E-state index contributed by atoms with van der Waals surface area (Å²) in [6.45, 7) is 8.07. The normalized spacial score (nSPS) is 29.1. The first kappa shape index (κ1) is 12.0. The molecule has 1 heteroatoms. The van der Waals surface area contributed by atoms with E-state index in [4.69, 9.17) is 0 Å². The molecule has 2 unspecified atom stereocenters. The molecule has 0 spiro atoms. The van der Waals surface area contributed by atoms with Crippen LogP contribution in [-0.4, -0.2) is 12.6 Å². The molecular weight excluding hydrogens is 170 g/mol. The Balaban J connectivity index is 2.20. The summed E-state index contributed by atoms with van der Waals surface area (Å²) in [4.78, 5) is 0. The number of hydrogen-bond donors (Lipinski definition) is 1. The maximum atomic E-state index is 3.58. The number of nitrogens with one attached hydrogen (secondary N) is 1. The fourth-order valence-electron chi connectivity index (χ4n) is 2.47. The van der Waals surface area contributed by atoms with Gasteiger partial charge in [-0.15, -0.1) is 0 Å². The monoisotopic (exact) mass is 197 g/mol. The van der Waals surface area contributed by atoms with Crippen LogP contribution in [0.1, 0.15) is 59.3 Å². The Labute approximate surface area is 89.7 Å². The molecule has 2 atom stereocenters. The van der Waals surface area contributed by atoms with Crippen LogP contribution in [0, 0.1) is 11.8 Å². The van der Waals surface area contributed by atoms with Crippen LogP contribution < -0.4 is 5.32 Å². The second-order valence-corrected chi connectivity index (χ2v) is 5.21. The van der Waals surface area contributed by atoms with Gasteiger partial charge >= 0.3 is 0 Å². The summed E-state index contributed by atoms with van der Waals surface area (Å²) in [7, 11) is 0. The van der Waals surface area contributed by atoms with E-state index in [2.05, 4.69) is 26.1 Å². The highest BCUT2D eigenvalue weighted by atomic mass is 14.9. The fraction of sp³-hybridized carbons (Fsp3) is 1.00. The lowest BCUT2D eigenvalue weighted by Gasteiger charge is -2.17. The Hall–Kier alpha value is -0.0400. The summed E-state index contributed by atoms with van der Waals surface area (Å²) in [5, 5.41) is 3.58. The standard InChI is InChI=1S/C13H27N/c1-4-12-6-5-7-13(9-8-12)10-14-11(2)3/h11-14H,4-10H2,1-3H3. The maximum Gasteiger partial charge on any atom is 0.00104 e. The van der Waals surface area contributed by atoms with Crippen molar-refractivity contribution >= 4 is 0 Å². The van der Waals surface area contributed by atoms with Gasteiger partial charge in [-0.1, -0.05) is 46.5 Å². The lowest BCUT2D eigenvalue weighted by atomic mass is 9.96. The Kier molecular flexibility index (Phi) is 5.54. The van der Waals surface area contributed by atoms with E-state index in [1.54, 1.807) is 0 Å². The summed E-state index contributed by atoms with van der Waals surface area (Å²) in [5.74, 6) is 1.98. The molecule has 1 saturated carbocycles. The molecular formula is C13H27N. The summed E-state index contributed by atoms with van der Waals surface area (Å²) in [5.41, 5.74) is 0. The van der Waals surface area contributed by atoms with Gasteiger partial charge < -0.3 is 5.32 Å². The van der Waals surface area contributed by atoms with E-state index in [-0.39, 0.29) is 0 Å². The zero-order chi connectivity index (χ0) is 10.4. The van der Waals surface area contributed by atoms with Gasteiger partial charge in [-0.2, -0.15) is 0 Å². The van der Waals surface area contributed by atoms with Gasteiger partial charge in [0.1, 0.15) is 0 Å². The second-order valence-electron chi connectivity index (χ2n) is 5.21. The van der Waals surface area contributed by atoms with Crippen molar-refractivity contribution in [3.05, 3.63) is 0 Å². The molecule has 0 aromatic heterocycles. The maximum absolute atomic E-state index is 3.58. The van der Waals surface area contributed by atoms with Crippen LogP contribution in [0.15, 0.2) is 0 Å². The summed E-state index contributed by atoms with van der Waals surface area (Å²) < 4.78 is 0. The van der Waals surface area contributed by atoms with Gasteiger partial charge in [-0.25, -0.2) is 0 Å². The van der Waals surface area contributed by atoms with Crippen LogP contribution in [0.4, 0.5) is 0 Å². The zero-order valence-corrected chi connectivity index (χ0v) is 10.2. The summed E-state index contributed by atoms with van der Waals surface area (Å²) >= 11 is 0. The van der Waals surface area contributed by atoms with E-state index in [0.717, 1.165) is 11.8 Å². The lowest BCUT2D eigenvalue weighted by Crippen LogP contribution is -2.28. The van der Waals surface area contributed by atoms with Crippen molar-refractivity contribution in [2.75, 3.05) is 6.54 Å². The van der Waals surface area contributed by atoms with Gasteiger partial charge in [0.2, 0.25) is 0 Å². The minimum atomic E-state index is 0.653. The van der Waals surface area contributed by atoms with E-state index in [0.29, 0.717) is 6.04 Å². The smallest absolute Gasteiger partial charge is 0.00104 e. The molecule has 0 amide bonds. The molecule has 1 rings (SSSR count). The topological polar surface area (TPSA) is 12.0 Å². The van der Waals surface area contributed by atoms with Gasteiger partial charge in [0.15, 0.2) is 0 Å². The van der Waals surface area contributed by atoms with Crippen molar-refractivity contribution in [1.82, 2.24) is 5.32 Å². The molecule has 1 aliphatic rings. The molecule has 0 radical (unpaired) electrons. The summed E-state index contributed by atoms with van der Waals surface area (Å²) in [6, 6.07) is 0.653. The van der Waals surface area contributed by atoms with Crippen LogP contribution in [0.3, 0.4) is 0 Å². The van der Waals surface area contributed by atoms with Crippen LogP contribution in [-0.2, 0) is 0 Å². The lowest BCUT2D eigenvalue weighted by molar-refractivity contribution is 0.393. The molecule has 0 aliphatic heterocycles. The fourth-order valence-corrected chi connectivity index (χ4v) is 2.47. The molecule has 84 valence electrons. The van der Waals surface area contributed by atoms with Gasteiger partial charge in [-0.3, -0.25) is 0 Å². The molecule has 0 bridgehead atoms. The largest absolute Gasteiger partial charge is 0.314 e. The van der Waals surface area contributed by atoms with Gasteiger partial charge in [0.05, 0.1) is 0 Å². The highest BCUT2D eigenvalue weighted by Gasteiger charge is 2.17. The van der Waals surface area contributed by atoms with Crippen LogP contribution >= 0.6 is 0 Å². The molecule has 1 nitrogen and oxygen atoms in total. The Morgan fingerprint density at radius 2 is 1.71 bits per heavy atom. The van der Waals surface area contributed by atoms with E-state index >= 15 is 0 Å². The van der Waals surface area contributed by atoms with E-state index in [9.17, 15) is 0 Å². The first-order valence-corrected chi connectivity index (χ1v) is 6.45. The predicted molar refractivity (Wildman–Crippen MR) is 63.5 cm³/mol. The van der Waals surface area contributed by atoms with E-state index in [1.807, 2.05) is 0 Å². The van der Waals surface area contributed by atoms with E-state index < -0.39 is 0 Å². The van der Waals surface area contributed by atoms with Gasteiger partial charge in [0, 0.05) is 6.04 Å². The predicted octanol–water partition coefficient (Wildman–Crippen LogP) is 3.59. The Morgan fingerprint density at radius 1 is 1.07 bits per heavy atom. The van der Waals surface area contributed by atoms with Crippen molar-refractivity contribution in [2.45, 2.75) is 65.3 Å². The third kappa shape index (κ3) is 4.45. The number of rotatable bonds is 4. The van der Waals surface area contributed by atoms with Gasteiger partial charge in [0.25, 0.3) is 0 Å². The Bertz CT molecular complexity index is 142. The minimum absolute atomic E-state index is 0.653. The second kappa shape index (κ2) is 6.44. The molecule has 0 aromatic rings. The third-order valence-corrected chi connectivity index (χ3v) is 3.60. The molecule has 14 heavy (non-hydrogen) atoms. The number of hydrogen-bond acceptors (Lipinski definition) is 1. The van der Waals surface area contributed by atoms with Gasteiger partial charge in [-0.05, 0) is 31.2 Å². The van der Waals surface area contributed by atoms with Crippen molar-refractivity contribution < 1.29 is 0 Å². The van der Waals surface area contributed by atoms with E-state index in [1.165, 1.54) is 45.1 Å². The highest BCUT2D eigenvalue weighted by Crippen LogP contribution is 2.28. The Morgan fingerprint density at radius 3 is 2.36 bits per heavy atom. The zero-order valence-electron chi connectivity index (χ0n) is 10.2. The average molecular weight is 197 g/mol. The first-order chi connectivity index (χ1) is 6.72. The van der Waals surface area contributed by atoms with Crippen molar-refractivity contribution in [2.24, 2.45) is 11.8 Å². The molecule has 0 heterocycles. The van der Waals surface area contributed by atoms with Crippen molar-refractivity contribution in [3.8, 4) is 0 Å². The molecule has 0 aromatic carbocycles. The third-order valence-electron chi connectivity index (χ3n) is 3.60. The van der Waals surface area contributed by atoms with Crippen LogP contribution in [0.25, 0.3) is 0 Å². The first-order valence-electron chi connectivity index (χ1n) is 6.45. The van der Waals surface area contributed by atoms with Crippen LogP contribution in [0.2, 0.25) is 0 Å². The SMILES string of the molecule is CCC1CCCC(CNC(C)C)CC1. The highest BCUT2D eigenvalue weighted by molar-refractivity contribution is 4.72. The van der Waals surface area contributed by atoms with Crippen molar-refractivity contribution in [3.63, 3.8) is 0 Å². The average Bonchev–Trinajstić information content (AvgIpc) is 2.39. The summed E-state index contributed by atoms with van der Waals surface area (Å²) in [6.07, 6.45) is 8.72. The molecule has 1 aliphatic carbocycles. The molecule has 1 fully saturated rings. The molecule has 0 saturated heterocycles. The minimum Gasteiger partial charge on any atom is -0.314 e.